The summed E-state index contributed by atoms with van der Waals surface area (Å²) in [7, 11) is 0. The van der Waals surface area contributed by atoms with Crippen molar-refractivity contribution < 1.29 is 9.59 Å². The van der Waals surface area contributed by atoms with E-state index in [2.05, 4.69) is 5.32 Å². The SMILES string of the molecule is Cc1cccc(C(=O)NCCCc2nc3ccccc3n2CC(=O)N(C(C)C)C(C)C)c1. The number of aromatic nitrogens is 2. The minimum atomic E-state index is -0.0677. The molecule has 0 aliphatic carbocycles. The first-order chi connectivity index (χ1) is 15.3. The van der Waals surface area contributed by atoms with E-state index in [0.717, 1.165) is 28.8 Å². The van der Waals surface area contributed by atoms with E-state index in [4.69, 9.17) is 4.98 Å². The predicted molar refractivity (Wildman–Crippen MR) is 129 cm³/mol. The van der Waals surface area contributed by atoms with E-state index in [0.29, 0.717) is 18.5 Å². The number of carbonyl (C=O) groups is 2. The first kappa shape index (κ1) is 23.5. The zero-order chi connectivity index (χ0) is 23.3. The molecule has 0 unspecified atom stereocenters. The van der Waals surface area contributed by atoms with Gasteiger partial charge in [0.15, 0.2) is 0 Å². The molecule has 0 bridgehead atoms. The lowest BCUT2D eigenvalue weighted by molar-refractivity contribution is -0.135. The minimum Gasteiger partial charge on any atom is -0.352 e. The van der Waals surface area contributed by atoms with Crippen LogP contribution in [-0.4, -0.2) is 44.9 Å². The van der Waals surface area contributed by atoms with Gasteiger partial charge in [-0.2, -0.15) is 0 Å². The highest BCUT2D eigenvalue weighted by atomic mass is 16.2. The summed E-state index contributed by atoms with van der Waals surface area (Å²) in [6.45, 7) is 11.0. The zero-order valence-corrected chi connectivity index (χ0v) is 19.8. The van der Waals surface area contributed by atoms with Gasteiger partial charge in [0.1, 0.15) is 12.4 Å². The molecular weight excluding hydrogens is 400 g/mol. The molecule has 0 spiro atoms. The highest BCUT2D eigenvalue weighted by molar-refractivity contribution is 5.94. The van der Waals surface area contributed by atoms with E-state index in [1.165, 1.54) is 0 Å². The number of imidazole rings is 1. The molecule has 1 N–H and O–H groups in total. The number of nitrogens with one attached hydrogen (secondary N) is 1. The van der Waals surface area contributed by atoms with Crippen molar-refractivity contribution in [2.24, 2.45) is 0 Å². The smallest absolute Gasteiger partial charge is 0.251 e. The number of hydrogen-bond donors (Lipinski definition) is 1. The van der Waals surface area contributed by atoms with Crippen LogP contribution in [0.2, 0.25) is 0 Å². The Kier molecular flexibility index (Phi) is 7.67. The van der Waals surface area contributed by atoms with E-state index in [-0.39, 0.29) is 30.4 Å². The molecule has 6 nitrogen and oxygen atoms in total. The molecule has 170 valence electrons. The molecule has 1 aromatic heterocycles. The van der Waals surface area contributed by atoms with Crippen molar-refractivity contribution in [2.45, 2.75) is 66.1 Å². The lowest BCUT2D eigenvalue weighted by Gasteiger charge is -2.31. The van der Waals surface area contributed by atoms with Crippen LogP contribution in [0.4, 0.5) is 0 Å². The second kappa shape index (κ2) is 10.4. The fourth-order valence-corrected chi connectivity index (χ4v) is 4.22. The van der Waals surface area contributed by atoms with Gasteiger partial charge in [-0.05, 0) is 65.3 Å². The third-order valence-corrected chi connectivity index (χ3v) is 5.57. The molecule has 0 atom stereocenters. The van der Waals surface area contributed by atoms with Gasteiger partial charge in [-0.25, -0.2) is 4.98 Å². The summed E-state index contributed by atoms with van der Waals surface area (Å²) < 4.78 is 2.03. The van der Waals surface area contributed by atoms with E-state index < -0.39 is 0 Å². The average molecular weight is 435 g/mol. The zero-order valence-electron chi connectivity index (χ0n) is 19.8. The van der Waals surface area contributed by atoms with Gasteiger partial charge < -0.3 is 14.8 Å². The van der Waals surface area contributed by atoms with Crippen LogP contribution in [0.25, 0.3) is 11.0 Å². The Labute approximate surface area is 190 Å². The van der Waals surface area contributed by atoms with E-state index in [9.17, 15) is 9.59 Å². The molecule has 2 aromatic carbocycles. The lowest BCUT2D eigenvalue weighted by Crippen LogP contribution is -2.43. The number of benzene rings is 2. The summed E-state index contributed by atoms with van der Waals surface area (Å²) in [5.41, 5.74) is 3.59. The summed E-state index contributed by atoms with van der Waals surface area (Å²) in [6.07, 6.45) is 1.42. The monoisotopic (exact) mass is 434 g/mol. The Morgan fingerprint density at radius 2 is 1.75 bits per heavy atom. The molecule has 0 saturated carbocycles. The molecule has 0 saturated heterocycles. The number of aryl methyl sites for hydroxylation is 2. The summed E-state index contributed by atoms with van der Waals surface area (Å²) in [5.74, 6) is 0.894. The van der Waals surface area contributed by atoms with Crippen LogP contribution < -0.4 is 5.32 Å². The van der Waals surface area contributed by atoms with Crippen molar-refractivity contribution in [3.63, 3.8) is 0 Å². The second-order valence-electron chi connectivity index (χ2n) is 8.82. The molecule has 6 heteroatoms. The number of rotatable bonds is 9. The fourth-order valence-electron chi connectivity index (χ4n) is 4.22. The first-order valence-electron chi connectivity index (χ1n) is 11.4. The molecule has 1 heterocycles. The minimum absolute atomic E-state index is 0.0677. The summed E-state index contributed by atoms with van der Waals surface area (Å²) >= 11 is 0. The maximum Gasteiger partial charge on any atom is 0.251 e. The average Bonchev–Trinajstić information content (AvgIpc) is 3.07. The molecule has 3 aromatic rings. The van der Waals surface area contributed by atoms with Gasteiger partial charge in [-0.15, -0.1) is 0 Å². The number of fused-ring (bicyclic) bond motifs is 1. The number of nitrogens with zero attached hydrogens (tertiary/aromatic N) is 3. The van der Waals surface area contributed by atoms with Crippen molar-refractivity contribution in [1.82, 2.24) is 19.8 Å². The van der Waals surface area contributed by atoms with Crippen LogP contribution in [-0.2, 0) is 17.8 Å². The molecule has 3 rings (SSSR count). The van der Waals surface area contributed by atoms with Crippen LogP contribution in [0.5, 0.6) is 0 Å². The lowest BCUT2D eigenvalue weighted by atomic mass is 10.1. The van der Waals surface area contributed by atoms with Crippen LogP contribution in [0, 0.1) is 6.92 Å². The second-order valence-corrected chi connectivity index (χ2v) is 8.82. The molecule has 0 aliphatic heterocycles. The van der Waals surface area contributed by atoms with Gasteiger partial charge in [0.05, 0.1) is 11.0 Å². The van der Waals surface area contributed by atoms with Crippen molar-refractivity contribution >= 4 is 22.8 Å². The third-order valence-electron chi connectivity index (χ3n) is 5.57. The Hall–Kier alpha value is -3.15. The number of amides is 2. The normalized spacial score (nSPS) is 11.3. The van der Waals surface area contributed by atoms with E-state index >= 15 is 0 Å². The number of carbonyl (C=O) groups excluding carboxylic acids is 2. The summed E-state index contributed by atoms with van der Waals surface area (Å²) in [4.78, 5) is 32.2. The van der Waals surface area contributed by atoms with Crippen molar-refractivity contribution in [3.8, 4) is 0 Å². The van der Waals surface area contributed by atoms with Gasteiger partial charge in [-0.1, -0.05) is 29.8 Å². The Bertz CT molecular complexity index is 1080. The third kappa shape index (κ3) is 5.55. The van der Waals surface area contributed by atoms with Crippen molar-refractivity contribution in [1.29, 1.82) is 0 Å². The van der Waals surface area contributed by atoms with Crippen molar-refractivity contribution in [3.05, 3.63) is 65.5 Å². The Balaban J connectivity index is 1.70. The molecular formula is C26H34N4O2. The number of hydrogen-bond acceptors (Lipinski definition) is 3. The Morgan fingerprint density at radius 3 is 2.44 bits per heavy atom. The molecule has 0 aliphatic rings. The highest BCUT2D eigenvalue weighted by Gasteiger charge is 2.22. The van der Waals surface area contributed by atoms with Crippen LogP contribution >= 0.6 is 0 Å². The summed E-state index contributed by atoms with van der Waals surface area (Å²) in [5, 5.41) is 2.99. The van der Waals surface area contributed by atoms with Crippen LogP contribution in [0.3, 0.4) is 0 Å². The van der Waals surface area contributed by atoms with Gasteiger partial charge in [-0.3, -0.25) is 9.59 Å². The molecule has 0 fully saturated rings. The topological polar surface area (TPSA) is 67.2 Å². The Morgan fingerprint density at radius 1 is 1.03 bits per heavy atom. The van der Waals surface area contributed by atoms with E-state index in [1.54, 1.807) is 0 Å². The highest BCUT2D eigenvalue weighted by Crippen LogP contribution is 2.18. The largest absolute Gasteiger partial charge is 0.352 e. The van der Waals surface area contributed by atoms with Crippen LogP contribution in [0.1, 0.15) is 55.9 Å². The van der Waals surface area contributed by atoms with Gasteiger partial charge >= 0.3 is 0 Å². The molecule has 32 heavy (non-hydrogen) atoms. The fraction of sp³-hybridized carbons (Fsp3) is 0.423. The quantitative estimate of drug-likeness (QED) is 0.509. The van der Waals surface area contributed by atoms with Gasteiger partial charge in [0.2, 0.25) is 5.91 Å². The van der Waals surface area contributed by atoms with E-state index in [1.807, 2.05) is 92.6 Å². The standard InChI is InChI=1S/C26H34N4O2/c1-18(2)30(19(3)4)25(31)17-29-23-13-7-6-12-22(23)28-24(29)14-9-15-27-26(32)21-11-8-10-20(5)16-21/h6-8,10-13,16,18-19H,9,14-15,17H2,1-5H3,(H,27,32). The molecule has 2 amide bonds. The van der Waals surface area contributed by atoms with Gasteiger partial charge in [0, 0.05) is 30.6 Å². The number of para-hydroxylation sites is 2. The van der Waals surface area contributed by atoms with Crippen LogP contribution in [0.15, 0.2) is 48.5 Å². The predicted octanol–water partition coefficient (Wildman–Crippen LogP) is 4.35. The maximum absolute atomic E-state index is 13.1. The maximum atomic E-state index is 13.1. The van der Waals surface area contributed by atoms with Crippen molar-refractivity contribution in [2.75, 3.05) is 6.54 Å². The van der Waals surface area contributed by atoms with Gasteiger partial charge in [0.25, 0.3) is 5.91 Å². The first-order valence-corrected chi connectivity index (χ1v) is 11.4. The molecule has 0 radical (unpaired) electrons. The summed E-state index contributed by atoms with van der Waals surface area (Å²) in [6, 6.07) is 15.8.